The number of nitrogens with one attached hydrogen (secondary N) is 1. The van der Waals surface area contributed by atoms with E-state index < -0.39 is 18.5 Å². The Morgan fingerprint density at radius 1 is 0.960 bits per heavy atom. The first-order chi connectivity index (χ1) is 12.2. The monoisotopic (exact) mass is 339 g/mol. The van der Waals surface area contributed by atoms with Gasteiger partial charge in [-0.25, -0.2) is 4.79 Å². The zero-order valence-corrected chi connectivity index (χ0v) is 13.4. The summed E-state index contributed by atoms with van der Waals surface area (Å²) < 4.78 is 14.9. The molecule has 0 spiro atoms. The molecule has 0 atom stereocenters. The molecule has 25 heavy (non-hydrogen) atoms. The third-order valence-corrected chi connectivity index (χ3v) is 3.46. The Morgan fingerprint density at radius 2 is 1.68 bits per heavy atom. The van der Waals surface area contributed by atoms with Crippen LogP contribution in [0.4, 0.5) is 5.69 Å². The quantitative estimate of drug-likeness (QED) is 0.848. The van der Waals surface area contributed by atoms with Crippen molar-refractivity contribution in [3.8, 4) is 11.1 Å². The lowest BCUT2D eigenvalue weighted by Gasteiger charge is -2.14. The molecule has 0 aliphatic carbocycles. The summed E-state index contributed by atoms with van der Waals surface area (Å²) >= 11 is 0. The summed E-state index contributed by atoms with van der Waals surface area (Å²) in [5.41, 5.74) is 2.76. The number of hydrogen-bond acceptors (Lipinski definition) is 5. The van der Waals surface area contributed by atoms with Crippen LogP contribution in [0.2, 0.25) is 0 Å². The first-order valence-corrected chi connectivity index (χ1v) is 7.79. The predicted octanol–water partition coefficient (Wildman–Crippen LogP) is 2.72. The molecule has 0 fully saturated rings. The molecular weight excluding hydrogens is 322 g/mol. The van der Waals surface area contributed by atoms with E-state index in [0.717, 1.165) is 11.1 Å². The minimum absolute atomic E-state index is 0.0359. The van der Waals surface area contributed by atoms with Gasteiger partial charge in [0.1, 0.15) is 19.5 Å². The number of esters is 1. The van der Waals surface area contributed by atoms with E-state index in [4.69, 9.17) is 14.2 Å². The van der Waals surface area contributed by atoms with E-state index in [1.54, 1.807) is 12.1 Å². The maximum Gasteiger partial charge on any atom is 0.377 e. The lowest BCUT2D eigenvalue weighted by molar-refractivity contribution is -0.148. The summed E-state index contributed by atoms with van der Waals surface area (Å²) in [5.74, 6) is -1.20. The van der Waals surface area contributed by atoms with Crippen molar-refractivity contribution in [2.24, 2.45) is 0 Å². The molecule has 2 aromatic carbocycles. The number of amides is 1. The maximum absolute atomic E-state index is 11.9. The highest BCUT2D eigenvalue weighted by molar-refractivity contribution is 5.94. The Labute approximate surface area is 145 Å². The summed E-state index contributed by atoms with van der Waals surface area (Å²) in [6.07, 6.45) is 1.19. The van der Waals surface area contributed by atoms with E-state index in [1.165, 1.54) is 6.26 Å². The molecule has 6 heteroatoms. The minimum atomic E-state index is -0.728. The van der Waals surface area contributed by atoms with Crippen molar-refractivity contribution >= 4 is 17.6 Å². The first kappa shape index (κ1) is 16.6. The summed E-state index contributed by atoms with van der Waals surface area (Å²) in [4.78, 5) is 23.6. The van der Waals surface area contributed by atoms with Crippen molar-refractivity contribution in [1.82, 2.24) is 0 Å². The molecule has 6 nitrogen and oxygen atoms in total. The molecule has 0 radical (unpaired) electrons. The van der Waals surface area contributed by atoms with Crippen LogP contribution in [0.3, 0.4) is 0 Å². The van der Waals surface area contributed by atoms with E-state index in [2.05, 4.69) is 5.32 Å². The molecule has 1 N–H and O–H groups in total. The van der Waals surface area contributed by atoms with Crippen molar-refractivity contribution in [2.45, 2.75) is 0 Å². The van der Waals surface area contributed by atoms with Crippen molar-refractivity contribution in [1.29, 1.82) is 0 Å². The molecule has 0 saturated carbocycles. The topological polar surface area (TPSA) is 73.9 Å². The third-order valence-electron chi connectivity index (χ3n) is 3.46. The zero-order chi connectivity index (χ0) is 17.5. The fraction of sp³-hybridized carbons (Fsp3) is 0.158. The van der Waals surface area contributed by atoms with Crippen molar-refractivity contribution in [2.75, 3.05) is 25.1 Å². The standard InChI is InChI=1S/C19H17NO5/c21-18(13-25-19(22)17-12-23-10-11-24-17)20-16-8-6-15(7-9-16)14-4-2-1-3-5-14/h1-9,12H,10-11,13H2,(H,20,21). The molecule has 2 aromatic rings. The molecule has 0 unspecified atom stereocenters. The van der Waals surface area contributed by atoms with Gasteiger partial charge in [0.2, 0.25) is 5.76 Å². The Balaban J connectivity index is 1.51. The minimum Gasteiger partial charge on any atom is -0.493 e. The highest BCUT2D eigenvalue weighted by atomic mass is 16.6. The smallest absolute Gasteiger partial charge is 0.377 e. The molecule has 3 rings (SSSR count). The molecule has 0 bridgehead atoms. The number of carbonyl (C=O) groups excluding carboxylic acids is 2. The number of hydrogen-bond donors (Lipinski definition) is 1. The average molecular weight is 339 g/mol. The summed E-state index contributed by atoms with van der Waals surface area (Å²) in [6, 6.07) is 17.3. The Kier molecular flexibility index (Phi) is 5.31. The number of rotatable bonds is 5. The predicted molar refractivity (Wildman–Crippen MR) is 91.5 cm³/mol. The Morgan fingerprint density at radius 3 is 2.36 bits per heavy atom. The lowest BCUT2D eigenvalue weighted by Crippen LogP contribution is -2.23. The van der Waals surface area contributed by atoms with Gasteiger partial charge in [0.25, 0.3) is 5.91 Å². The van der Waals surface area contributed by atoms with Crippen molar-refractivity contribution < 1.29 is 23.8 Å². The van der Waals surface area contributed by atoms with Crippen LogP contribution in [0.5, 0.6) is 0 Å². The van der Waals surface area contributed by atoms with E-state index in [0.29, 0.717) is 12.3 Å². The number of benzene rings is 2. The van der Waals surface area contributed by atoms with Crippen LogP contribution in [0, 0.1) is 0 Å². The van der Waals surface area contributed by atoms with Gasteiger partial charge in [0.05, 0.1) is 0 Å². The van der Waals surface area contributed by atoms with E-state index in [-0.39, 0.29) is 12.4 Å². The second-order valence-corrected chi connectivity index (χ2v) is 5.27. The van der Waals surface area contributed by atoms with Gasteiger partial charge < -0.3 is 19.5 Å². The van der Waals surface area contributed by atoms with Crippen LogP contribution in [0.25, 0.3) is 11.1 Å². The molecule has 1 aliphatic heterocycles. The van der Waals surface area contributed by atoms with Gasteiger partial charge in [0.15, 0.2) is 6.61 Å². The summed E-state index contributed by atoms with van der Waals surface area (Å²) in [7, 11) is 0. The van der Waals surface area contributed by atoms with Crippen molar-refractivity contribution in [3.05, 3.63) is 66.6 Å². The Hall–Kier alpha value is -3.28. The van der Waals surface area contributed by atoms with E-state index in [1.807, 2.05) is 42.5 Å². The molecule has 1 amide bonds. The SMILES string of the molecule is O=C(COC(=O)C1=COCCO1)Nc1ccc(-c2ccccc2)cc1. The lowest BCUT2D eigenvalue weighted by atomic mass is 10.1. The maximum atomic E-state index is 11.9. The van der Waals surface area contributed by atoms with Gasteiger partial charge in [-0.3, -0.25) is 4.79 Å². The van der Waals surface area contributed by atoms with Crippen LogP contribution >= 0.6 is 0 Å². The molecule has 1 aliphatic rings. The van der Waals surface area contributed by atoms with Gasteiger partial charge in [-0.05, 0) is 23.3 Å². The summed E-state index contributed by atoms with van der Waals surface area (Å²) in [6.45, 7) is 0.261. The van der Waals surface area contributed by atoms with Crippen LogP contribution in [0.1, 0.15) is 0 Å². The average Bonchev–Trinajstić information content (AvgIpc) is 2.68. The van der Waals surface area contributed by atoms with Gasteiger partial charge >= 0.3 is 5.97 Å². The fourth-order valence-corrected chi connectivity index (χ4v) is 2.25. The molecule has 1 heterocycles. The van der Waals surface area contributed by atoms with E-state index in [9.17, 15) is 9.59 Å². The van der Waals surface area contributed by atoms with Gasteiger partial charge in [0, 0.05) is 5.69 Å². The van der Waals surface area contributed by atoms with Gasteiger partial charge in [-0.2, -0.15) is 0 Å². The molecule has 0 aromatic heterocycles. The highest BCUT2D eigenvalue weighted by Crippen LogP contribution is 2.20. The fourth-order valence-electron chi connectivity index (χ4n) is 2.25. The molecular formula is C19H17NO5. The van der Waals surface area contributed by atoms with Crippen LogP contribution in [-0.4, -0.2) is 31.7 Å². The first-order valence-electron chi connectivity index (χ1n) is 7.79. The number of anilines is 1. The second kappa shape index (κ2) is 8.01. The van der Waals surface area contributed by atoms with Crippen molar-refractivity contribution in [3.63, 3.8) is 0 Å². The van der Waals surface area contributed by atoms with Crippen LogP contribution < -0.4 is 5.32 Å². The second-order valence-electron chi connectivity index (χ2n) is 5.27. The normalized spacial score (nSPS) is 13.0. The molecule has 0 saturated heterocycles. The van der Waals surface area contributed by atoms with Gasteiger partial charge in [-0.15, -0.1) is 0 Å². The number of ether oxygens (including phenoxy) is 3. The van der Waals surface area contributed by atoms with Gasteiger partial charge in [-0.1, -0.05) is 42.5 Å². The van der Waals surface area contributed by atoms with Crippen LogP contribution in [-0.2, 0) is 23.8 Å². The zero-order valence-electron chi connectivity index (χ0n) is 13.4. The largest absolute Gasteiger partial charge is 0.493 e. The Bertz CT molecular complexity index is 768. The summed E-state index contributed by atoms with van der Waals surface area (Å²) in [5, 5.41) is 2.67. The third kappa shape index (κ3) is 4.60. The van der Waals surface area contributed by atoms with E-state index >= 15 is 0 Å². The van der Waals surface area contributed by atoms with Crippen LogP contribution in [0.15, 0.2) is 66.6 Å². The molecule has 128 valence electrons. The highest BCUT2D eigenvalue weighted by Gasteiger charge is 2.17. The number of carbonyl (C=O) groups is 2.